The van der Waals surface area contributed by atoms with Crippen molar-refractivity contribution in [3.63, 3.8) is 0 Å². The first-order valence-corrected chi connectivity index (χ1v) is 7.70. The molecule has 0 fully saturated rings. The van der Waals surface area contributed by atoms with Crippen molar-refractivity contribution in [2.45, 2.75) is 18.2 Å². The van der Waals surface area contributed by atoms with Gasteiger partial charge in [0.1, 0.15) is 0 Å². The number of hydrogen-bond acceptors (Lipinski definition) is 4. The van der Waals surface area contributed by atoms with Crippen LogP contribution in [0.25, 0.3) is 0 Å². The topological polar surface area (TPSA) is 92.5 Å². The van der Waals surface area contributed by atoms with Gasteiger partial charge >= 0.3 is 0 Å². The Bertz CT molecular complexity index is 597. The van der Waals surface area contributed by atoms with E-state index in [1.807, 2.05) is 0 Å². The van der Waals surface area contributed by atoms with Crippen LogP contribution in [-0.2, 0) is 14.8 Å². The van der Waals surface area contributed by atoms with Crippen LogP contribution in [0.1, 0.15) is 13.3 Å². The first kappa shape index (κ1) is 16.5. The van der Waals surface area contributed by atoms with E-state index in [-0.39, 0.29) is 22.3 Å². The van der Waals surface area contributed by atoms with Crippen molar-refractivity contribution < 1.29 is 13.2 Å². The van der Waals surface area contributed by atoms with Crippen molar-refractivity contribution in [1.29, 1.82) is 0 Å². The van der Waals surface area contributed by atoms with Crippen molar-refractivity contribution in [3.8, 4) is 0 Å². The standard InChI is InChI=1S/C12H17N3O3S2/c1-9(16)14-10-3-5-11(6-4-10)20(17,18)15(2)8-7-12(13)19/h3-6H,7-8H2,1-2H3,(H2,13,19)(H,14,16). The molecular formula is C12H17N3O3S2. The second-order valence-electron chi connectivity index (χ2n) is 4.25. The van der Waals surface area contributed by atoms with E-state index in [2.05, 4.69) is 5.32 Å². The van der Waals surface area contributed by atoms with Crippen LogP contribution in [0.15, 0.2) is 29.2 Å². The van der Waals surface area contributed by atoms with E-state index in [4.69, 9.17) is 18.0 Å². The first-order valence-electron chi connectivity index (χ1n) is 5.86. The second-order valence-corrected chi connectivity index (χ2v) is 6.82. The summed E-state index contributed by atoms with van der Waals surface area (Å²) in [7, 11) is -2.11. The number of nitrogens with zero attached hydrogens (tertiary/aromatic N) is 1. The van der Waals surface area contributed by atoms with Crippen LogP contribution in [0, 0.1) is 0 Å². The number of carbonyl (C=O) groups is 1. The van der Waals surface area contributed by atoms with Crippen molar-refractivity contribution >= 4 is 38.8 Å². The van der Waals surface area contributed by atoms with Gasteiger partial charge in [0.25, 0.3) is 0 Å². The number of thiocarbonyl (C=S) groups is 1. The van der Waals surface area contributed by atoms with E-state index < -0.39 is 10.0 Å². The van der Waals surface area contributed by atoms with Crippen molar-refractivity contribution in [1.82, 2.24) is 4.31 Å². The molecule has 0 aromatic heterocycles. The molecule has 6 nitrogen and oxygen atoms in total. The summed E-state index contributed by atoms with van der Waals surface area (Å²) in [4.78, 5) is 11.3. The van der Waals surface area contributed by atoms with Crippen LogP contribution in [0.2, 0.25) is 0 Å². The van der Waals surface area contributed by atoms with Gasteiger partial charge in [-0.3, -0.25) is 4.79 Å². The van der Waals surface area contributed by atoms with E-state index in [9.17, 15) is 13.2 Å². The van der Waals surface area contributed by atoms with E-state index in [0.29, 0.717) is 12.1 Å². The number of benzene rings is 1. The van der Waals surface area contributed by atoms with Crippen LogP contribution in [0.4, 0.5) is 5.69 Å². The maximum absolute atomic E-state index is 12.2. The molecule has 0 aliphatic carbocycles. The molecule has 0 saturated carbocycles. The number of sulfonamides is 1. The minimum absolute atomic E-state index is 0.150. The molecule has 3 N–H and O–H groups in total. The molecule has 0 heterocycles. The fraction of sp³-hybridized carbons (Fsp3) is 0.333. The third-order valence-electron chi connectivity index (χ3n) is 2.56. The molecule has 8 heteroatoms. The Morgan fingerprint density at radius 1 is 1.35 bits per heavy atom. The normalized spacial score (nSPS) is 11.3. The zero-order valence-corrected chi connectivity index (χ0v) is 12.9. The molecule has 0 aliphatic rings. The molecule has 1 aromatic rings. The van der Waals surface area contributed by atoms with Gasteiger partial charge in [0.2, 0.25) is 15.9 Å². The lowest BCUT2D eigenvalue weighted by Crippen LogP contribution is -2.30. The molecular weight excluding hydrogens is 298 g/mol. The third-order valence-corrected chi connectivity index (χ3v) is 4.63. The number of hydrogen-bond donors (Lipinski definition) is 2. The van der Waals surface area contributed by atoms with Crippen molar-refractivity contribution in [2.24, 2.45) is 5.73 Å². The average molecular weight is 315 g/mol. The Kier molecular flexibility index (Phi) is 5.61. The molecule has 0 bridgehead atoms. The maximum Gasteiger partial charge on any atom is 0.242 e. The SMILES string of the molecule is CC(=O)Nc1ccc(S(=O)(=O)N(C)CCC(N)=S)cc1. The first-order chi connectivity index (χ1) is 9.23. The Hall–Kier alpha value is -1.51. The smallest absolute Gasteiger partial charge is 0.242 e. The van der Waals surface area contributed by atoms with Crippen molar-refractivity contribution in [3.05, 3.63) is 24.3 Å². The highest BCUT2D eigenvalue weighted by molar-refractivity contribution is 7.89. The van der Waals surface area contributed by atoms with Crippen molar-refractivity contribution in [2.75, 3.05) is 18.9 Å². The largest absolute Gasteiger partial charge is 0.393 e. The molecule has 0 radical (unpaired) electrons. The molecule has 110 valence electrons. The Morgan fingerprint density at radius 3 is 2.35 bits per heavy atom. The van der Waals surface area contributed by atoms with Crippen LogP contribution in [0.5, 0.6) is 0 Å². The molecule has 1 aromatic carbocycles. The maximum atomic E-state index is 12.2. The van der Waals surface area contributed by atoms with Crippen LogP contribution in [0.3, 0.4) is 0 Å². The number of carbonyl (C=O) groups excluding carboxylic acids is 1. The molecule has 0 aliphatic heterocycles. The van der Waals surface area contributed by atoms with E-state index in [0.717, 1.165) is 0 Å². The van der Waals surface area contributed by atoms with Gasteiger partial charge in [-0.1, -0.05) is 12.2 Å². The Labute approximate surface area is 124 Å². The zero-order chi connectivity index (χ0) is 15.3. The average Bonchev–Trinajstić information content (AvgIpc) is 2.35. The van der Waals surface area contributed by atoms with Gasteiger partial charge in [-0.25, -0.2) is 12.7 Å². The van der Waals surface area contributed by atoms with Gasteiger partial charge in [0, 0.05) is 32.6 Å². The molecule has 1 rings (SSSR count). The van der Waals surface area contributed by atoms with Crippen LogP contribution in [-0.4, -0.2) is 37.2 Å². The summed E-state index contributed by atoms with van der Waals surface area (Å²) in [6.45, 7) is 1.61. The zero-order valence-electron chi connectivity index (χ0n) is 11.3. The summed E-state index contributed by atoms with van der Waals surface area (Å²) in [6.07, 6.45) is 0.328. The van der Waals surface area contributed by atoms with Gasteiger partial charge in [0.15, 0.2) is 0 Å². The van der Waals surface area contributed by atoms with E-state index in [1.165, 1.54) is 42.5 Å². The van der Waals surface area contributed by atoms with Crippen LogP contribution < -0.4 is 11.1 Å². The van der Waals surface area contributed by atoms with Gasteiger partial charge < -0.3 is 11.1 Å². The number of nitrogens with one attached hydrogen (secondary N) is 1. The summed E-state index contributed by atoms with van der Waals surface area (Å²) in [5.74, 6) is -0.214. The highest BCUT2D eigenvalue weighted by Gasteiger charge is 2.20. The highest BCUT2D eigenvalue weighted by Crippen LogP contribution is 2.17. The number of nitrogens with two attached hydrogens (primary N) is 1. The minimum atomic E-state index is -3.57. The number of anilines is 1. The van der Waals surface area contributed by atoms with E-state index >= 15 is 0 Å². The van der Waals surface area contributed by atoms with Gasteiger partial charge in [-0.15, -0.1) is 0 Å². The number of rotatable bonds is 6. The quantitative estimate of drug-likeness (QED) is 0.762. The summed E-state index contributed by atoms with van der Waals surface area (Å²) in [5, 5.41) is 2.57. The van der Waals surface area contributed by atoms with Gasteiger partial charge in [0.05, 0.1) is 9.88 Å². The molecule has 0 saturated heterocycles. The Balaban J connectivity index is 2.86. The van der Waals surface area contributed by atoms with Gasteiger partial charge in [-0.05, 0) is 24.3 Å². The van der Waals surface area contributed by atoms with Gasteiger partial charge in [-0.2, -0.15) is 0 Å². The molecule has 0 unspecified atom stereocenters. The van der Waals surface area contributed by atoms with E-state index in [1.54, 1.807) is 0 Å². The fourth-order valence-corrected chi connectivity index (χ4v) is 2.74. The second kappa shape index (κ2) is 6.78. The predicted octanol–water partition coefficient (Wildman–Crippen LogP) is 0.942. The predicted molar refractivity (Wildman–Crippen MR) is 82.0 cm³/mol. The lowest BCUT2D eigenvalue weighted by molar-refractivity contribution is -0.114. The number of amides is 1. The third kappa shape index (κ3) is 4.55. The summed E-state index contributed by atoms with van der Waals surface area (Å²) in [6, 6.07) is 5.96. The lowest BCUT2D eigenvalue weighted by Gasteiger charge is -2.17. The molecule has 1 amide bonds. The Morgan fingerprint density at radius 2 is 1.90 bits per heavy atom. The molecule has 0 spiro atoms. The highest BCUT2D eigenvalue weighted by atomic mass is 32.2. The summed E-state index contributed by atoms with van der Waals surface area (Å²) < 4.78 is 25.7. The minimum Gasteiger partial charge on any atom is -0.393 e. The molecule has 20 heavy (non-hydrogen) atoms. The molecule has 0 atom stereocenters. The lowest BCUT2D eigenvalue weighted by atomic mass is 10.3. The summed E-state index contributed by atoms with van der Waals surface area (Å²) in [5.41, 5.74) is 5.90. The fourth-order valence-electron chi connectivity index (χ4n) is 1.48. The summed E-state index contributed by atoms with van der Waals surface area (Å²) >= 11 is 4.73. The van der Waals surface area contributed by atoms with Crippen LogP contribution >= 0.6 is 12.2 Å². The monoisotopic (exact) mass is 315 g/mol.